The minimum absolute atomic E-state index is 0.303. The first-order valence-electron chi connectivity index (χ1n) is 6.00. The Morgan fingerprint density at radius 3 is 2.67 bits per heavy atom. The lowest BCUT2D eigenvalue weighted by Gasteiger charge is -2.25. The van der Waals surface area contributed by atoms with E-state index < -0.39 is 0 Å². The molecule has 0 aromatic heterocycles. The van der Waals surface area contributed by atoms with Crippen molar-refractivity contribution in [1.29, 1.82) is 0 Å². The van der Waals surface area contributed by atoms with Crippen molar-refractivity contribution >= 4 is 17.3 Å². The van der Waals surface area contributed by atoms with Gasteiger partial charge < -0.3 is 19.5 Å². The molecule has 4 nitrogen and oxygen atoms in total. The molecule has 0 bridgehead atoms. The summed E-state index contributed by atoms with van der Waals surface area (Å²) in [5.41, 5.74) is 0.874. The van der Waals surface area contributed by atoms with Gasteiger partial charge in [-0.25, -0.2) is 0 Å². The number of halogens is 1. The van der Waals surface area contributed by atoms with E-state index in [1.807, 2.05) is 6.07 Å². The molecule has 1 aliphatic heterocycles. The molecule has 1 unspecified atom stereocenters. The van der Waals surface area contributed by atoms with Crippen molar-refractivity contribution in [1.82, 2.24) is 0 Å². The third-order valence-corrected chi connectivity index (χ3v) is 3.29. The summed E-state index contributed by atoms with van der Waals surface area (Å²) in [4.78, 5) is 0. The largest absolute Gasteiger partial charge is 0.495 e. The van der Waals surface area contributed by atoms with Crippen LogP contribution in [0.5, 0.6) is 11.5 Å². The summed E-state index contributed by atoms with van der Waals surface area (Å²) in [5, 5.41) is 3.97. The fourth-order valence-corrected chi connectivity index (χ4v) is 2.29. The normalized spacial score (nSPS) is 19.4. The van der Waals surface area contributed by atoms with E-state index in [9.17, 15) is 0 Å². The first-order chi connectivity index (χ1) is 8.74. The van der Waals surface area contributed by atoms with E-state index >= 15 is 0 Å². The number of anilines is 1. The number of rotatable bonds is 4. The van der Waals surface area contributed by atoms with Crippen molar-refractivity contribution < 1.29 is 14.2 Å². The first-order valence-corrected chi connectivity index (χ1v) is 6.38. The molecule has 1 aliphatic rings. The molecule has 5 heteroatoms. The molecule has 1 heterocycles. The highest BCUT2D eigenvalue weighted by molar-refractivity contribution is 6.32. The van der Waals surface area contributed by atoms with Gasteiger partial charge in [-0.2, -0.15) is 0 Å². The summed E-state index contributed by atoms with van der Waals surface area (Å²) in [7, 11) is 3.22. The van der Waals surface area contributed by atoms with Crippen LogP contribution in [-0.2, 0) is 4.74 Å². The van der Waals surface area contributed by atoms with Crippen LogP contribution in [0.3, 0.4) is 0 Å². The van der Waals surface area contributed by atoms with Gasteiger partial charge in [-0.15, -0.1) is 0 Å². The zero-order valence-corrected chi connectivity index (χ0v) is 11.4. The van der Waals surface area contributed by atoms with Crippen LogP contribution in [0, 0.1) is 0 Å². The van der Waals surface area contributed by atoms with Gasteiger partial charge in [0.25, 0.3) is 0 Å². The third kappa shape index (κ3) is 3.00. The molecular weight excluding hydrogens is 254 g/mol. The Hall–Kier alpha value is -1.13. The predicted molar refractivity (Wildman–Crippen MR) is 72.0 cm³/mol. The Kier molecular flexibility index (Phi) is 4.55. The van der Waals surface area contributed by atoms with Crippen LogP contribution in [0.4, 0.5) is 5.69 Å². The smallest absolute Gasteiger partial charge is 0.145 e. The Morgan fingerprint density at radius 2 is 2.06 bits per heavy atom. The molecule has 0 amide bonds. The van der Waals surface area contributed by atoms with E-state index in [2.05, 4.69) is 5.32 Å². The van der Waals surface area contributed by atoms with Crippen molar-refractivity contribution in [2.24, 2.45) is 0 Å². The quantitative estimate of drug-likeness (QED) is 0.914. The highest BCUT2D eigenvalue weighted by atomic mass is 35.5. The van der Waals surface area contributed by atoms with Gasteiger partial charge in [0.2, 0.25) is 0 Å². The van der Waals surface area contributed by atoms with Crippen LogP contribution in [0.15, 0.2) is 12.1 Å². The summed E-state index contributed by atoms with van der Waals surface area (Å²) in [6.07, 6.45) is 2.16. The lowest BCUT2D eigenvalue weighted by atomic mass is 10.1. The fraction of sp³-hybridized carbons (Fsp3) is 0.538. The minimum atomic E-state index is 0.303. The van der Waals surface area contributed by atoms with Gasteiger partial charge in [0.15, 0.2) is 0 Å². The lowest BCUT2D eigenvalue weighted by molar-refractivity contribution is 0.0875. The Labute approximate surface area is 112 Å². The van der Waals surface area contributed by atoms with E-state index in [4.69, 9.17) is 25.8 Å². The van der Waals surface area contributed by atoms with Crippen molar-refractivity contribution in [3.63, 3.8) is 0 Å². The average Bonchev–Trinajstić information content (AvgIpc) is 2.40. The van der Waals surface area contributed by atoms with Crippen molar-refractivity contribution in [2.45, 2.75) is 18.9 Å². The predicted octanol–water partition coefficient (Wildman–Crippen LogP) is 2.95. The Balaban J connectivity index is 2.17. The number of methoxy groups -OCH3 is 2. The van der Waals surface area contributed by atoms with Gasteiger partial charge in [-0.05, 0) is 18.9 Å². The molecule has 1 saturated heterocycles. The summed E-state index contributed by atoms with van der Waals surface area (Å²) in [5.74, 6) is 1.33. The van der Waals surface area contributed by atoms with Crippen LogP contribution in [0.25, 0.3) is 0 Å². The van der Waals surface area contributed by atoms with E-state index in [0.717, 1.165) is 30.9 Å². The Morgan fingerprint density at radius 1 is 1.28 bits per heavy atom. The topological polar surface area (TPSA) is 39.7 Å². The molecule has 1 atom stereocenters. The molecule has 0 radical (unpaired) electrons. The maximum Gasteiger partial charge on any atom is 0.145 e. The number of hydrogen-bond donors (Lipinski definition) is 1. The van der Waals surface area contributed by atoms with E-state index in [1.54, 1.807) is 20.3 Å². The second-order valence-corrected chi connectivity index (χ2v) is 4.65. The van der Waals surface area contributed by atoms with E-state index in [1.165, 1.54) is 0 Å². The van der Waals surface area contributed by atoms with Crippen molar-refractivity contribution in [3.8, 4) is 11.5 Å². The van der Waals surface area contributed by atoms with Crippen LogP contribution >= 0.6 is 11.6 Å². The summed E-state index contributed by atoms with van der Waals surface area (Å²) >= 11 is 6.12. The molecular formula is C13H18ClNO3. The van der Waals surface area contributed by atoms with Crippen LogP contribution in [-0.4, -0.2) is 33.5 Å². The van der Waals surface area contributed by atoms with Crippen molar-refractivity contribution in [3.05, 3.63) is 17.2 Å². The molecule has 0 saturated carbocycles. The van der Waals surface area contributed by atoms with Crippen LogP contribution in [0.1, 0.15) is 12.8 Å². The highest BCUT2D eigenvalue weighted by Crippen LogP contribution is 2.36. The van der Waals surface area contributed by atoms with Gasteiger partial charge in [0, 0.05) is 18.7 Å². The highest BCUT2D eigenvalue weighted by Gasteiger charge is 2.17. The number of nitrogens with one attached hydrogen (secondary N) is 1. The maximum absolute atomic E-state index is 6.12. The second kappa shape index (κ2) is 6.16. The molecule has 2 rings (SSSR count). The fourth-order valence-electron chi connectivity index (χ4n) is 2.05. The van der Waals surface area contributed by atoms with Gasteiger partial charge in [0.05, 0.1) is 31.5 Å². The third-order valence-electron chi connectivity index (χ3n) is 2.99. The molecule has 1 N–H and O–H groups in total. The molecule has 1 fully saturated rings. The molecule has 0 aliphatic carbocycles. The maximum atomic E-state index is 6.12. The van der Waals surface area contributed by atoms with Crippen molar-refractivity contribution in [2.75, 3.05) is 32.8 Å². The summed E-state index contributed by atoms with van der Waals surface area (Å²) < 4.78 is 16.0. The number of hydrogen-bond acceptors (Lipinski definition) is 4. The van der Waals surface area contributed by atoms with E-state index in [-0.39, 0.29) is 0 Å². The van der Waals surface area contributed by atoms with Crippen LogP contribution in [0.2, 0.25) is 5.02 Å². The standard InChI is InChI=1S/C13H18ClNO3/c1-16-12-7-13(17-2)11(6-10(12)14)15-9-4-3-5-18-8-9/h6-7,9,15H,3-5,8H2,1-2H3. The molecule has 0 spiro atoms. The van der Waals surface area contributed by atoms with Crippen LogP contribution < -0.4 is 14.8 Å². The summed E-state index contributed by atoms with van der Waals surface area (Å²) in [6, 6.07) is 3.92. The molecule has 1 aromatic rings. The number of ether oxygens (including phenoxy) is 3. The van der Waals surface area contributed by atoms with Gasteiger partial charge in [-0.3, -0.25) is 0 Å². The second-order valence-electron chi connectivity index (χ2n) is 4.25. The SMILES string of the molecule is COc1cc(OC)c(NC2CCCOC2)cc1Cl. The van der Waals surface area contributed by atoms with Gasteiger partial charge in [0.1, 0.15) is 11.5 Å². The molecule has 1 aromatic carbocycles. The lowest BCUT2D eigenvalue weighted by Crippen LogP contribution is -2.30. The first kappa shape index (κ1) is 13.3. The zero-order chi connectivity index (χ0) is 13.0. The minimum Gasteiger partial charge on any atom is -0.495 e. The average molecular weight is 272 g/mol. The van der Waals surface area contributed by atoms with Gasteiger partial charge in [-0.1, -0.05) is 11.6 Å². The summed E-state index contributed by atoms with van der Waals surface area (Å²) in [6.45, 7) is 1.56. The van der Waals surface area contributed by atoms with E-state index in [0.29, 0.717) is 23.4 Å². The molecule has 18 heavy (non-hydrogen) atoms. The zero-order valence-electron chi connectivity index (χ0n) is 10.7. The van der Waals surface area contributed by atoms with Gasteiger partial charge >= 0.3 is 0 Å². The Bertz CT molecular complexity index is 405. The number of benzene rings is 1. The molecule has 100 valence electrons. The monoisotopic (exact) mass is 271 g/mol.